The predicted octanol–water partition coefficient (Wildman–Crippen LogP) is 2.84. The Kier molecular flexibility index (Phi) is 2.81. The van der Waals surface area contributed by atoms with E-state index in [1.165, 1.54) is 12.1 Å². The highest BCUT2D eigenvalue weighted by Gasteiger charge is 2.08. The van der Waals surface area contributed by atoms with Gasteiger partial charge in [-0.25, -0.2) is 4.39 Å². The molecule has 1 aliphatic heterocycles. The average Bonchev–Trinajstić information content (AvgIpc) is 2.94. The van der Waals surface area contributed by atoms with E-state index < -0.39 is 0 Å². The molecule has 0 saturated carbocycles. The summed E-state index contributed by atoms with van der Waals surface area (Å²) >= 11 is 0. The first-order chi connectivity index (χ1) is 8.83. The van der Waals surface area contributed by atoms with Gasteiger partial charge in [0.2, 0.25) is 0 Å². The van der Waals surface area contributed by atoms with Gasteiger partial charge in [0, 0.05) is 12.1 Å². The predicted molar refractivity (Wildman–Crippen MR) is 71.2 cm³/mol. The fourth-order valence-corrected chi connectivity index (χ4v) is 2.08. The van der Waals surface area contributed by atoms with Crippen LogP contribution < -0.4 is 5.32 Å². The molecule has 1 aliphatic rings. The maximum Gasteiger partial charge on any atom is 0.128 e. The van der Waals surface area contributed by atoms with Gasteiger partial charge in [-0.15, -0.1) is 0 Å². The number of halogens is 1. The summed E-state index contributed by atoms with van der Waals surface area (Å²) in [6, 6.07) is 14.7. The van der Waals surface area contributed by atoms with E-state index in [4.69, 9.17) is 0 Å². The number of rotatable bonds is 2. The van der Waals surface area contributed by atoms with Gasteiger partial charge in [-0.05, 0) is 29.3 Å². The Labute approximate surface area is 105 Å². The second-order valence-corrected chi connectivity index (χ2v) is 4.24. The van der Waals surface area contributed by atoms with E-state index in [2.05, 4.69) is 16.4 Å². The van der Waals surface area contributed by atoms with Crippen molar-refractivity contribution in [3.8, 4) is 11.1 Å². The Morgan fingerprint density at radius 2 is 1.72 bits per heavy atom. The first-order valence-electron chi connectivity index (χ1n) is 5.98. The summed E-state index contributed by atoms with van der Waals surface area (Å²) in [6.07, 6.45) is 0. The normalized spacial score (nSPS) is 14.2. The van der Waals surface area contributed by atoms with Gasteiger partial charge in [0.1, 0.15) is 11.7 Å². The van der Waals surface area contributed by atoms with Gasteiger partial charge in [-0.2, -0.15) is 0 Å². The SMILES string of the molecule is Fc1ccc(-c2cccc(C3=NCCN3)c2)cc1. The van der Waals surface area contributed by atoms with E-state index in [1.54, 1.807) is 12.1 Å². The summed E-state index contributed by atoms with van der Waals surface area (Å²) in [5, 5.41) is 3.25. The molecular weight excluding hydrogens is 227 g/mol. The lowest BCUT2D eigenvalue weighted by atomic mass is 10.0. The number of hydrogen-bond donors (Lipinski definition) is 1. The van der Waals surface area contributed by atoms with Crippen LogP contribution in [0.25, 0.3) is 11.1 Å². The minimum Gasteiger partial charge on any atom is -0.368 e. The molecule has 0 atom stereocenters. The molecule has 2 aromatic rings. The topological polar surface area (TPSA) is 24.4 Å². The number of aliphatic imine (C=N–C) groups is 1. The Morgan fingerprint density at radius 3 is 2.44 bits per heavy atom. The Morgan fingerprint density at radius 1 is 0.944 bits per heavy atom. The second kappa shape index (κ2) is 4.61. The van der Waals surface area contributed by atoms with E-state index >= 15 is 0 Å². The highest BCUT2D eigenvalue weighted by atomic mass is 19.1. The number of amidine groups is 1. The van der Waals surface area contributed by atoms with Crippen LogP contribution in [0.2, 0.25) is 0 Å². The van der Waals surface area contributed by atoms with E-state index in [0.29, 0.717) is 0 Å². The largest absolute Gasteiger partial charge is 0.368 e. The Balaban J connectivity index is 1.98. The lowest BCUT2D eigenvalue weighted by Crippen LogP contribution is -2.19. The fraction of sp³-hybridized carbons (Fsp3) is 0.133. The zero-order chi connectivity index (χ0) is 12.4. The Hall–Kier alpha value is -2.16. The van der Waals surface area contributed by atoms with Gasteiger partial charge in [0.05, 0.1) is 6.54 Å². The molecule has 2 aromatic carbocycles. The zero-order valence-corrected chi connectivity index (χ0v) is 9.86. The summed E-state index contributed by atoms with van der Waals surface area (Å²) < 4.78 is 12.9. The summed E-state index contributed by atoms with van der Waals surface area (Å²) in [5.74, 6) is 0.732. The van der Waals surface area contributed by atoms with Crippen molar-refractivity contribution in [2.45, 2.75) is 0 Å². The third-order valence-corrected chi connectivity index (χ3v) is 2.99. The van der Waals surface area contributed by atoms with Gasteiger partial charge in [0.25, 0.3) is 0 Å². The molecule has 0 fully saturated rings. The van der Waals surface area contributed by atoms with Crippen LogP contribution in [0.4, 0.5) is 4.39 Å². The van der Waals surface area contributed by atoms with Crippen molar-refractivity contribution < 1.29 is 4.39 Å². The highest BCUT2D eigenvalue weighted by molar-refractivity contribution is 6.00. The van der Waals surface area contributed by atoms with E-state index in [1.807, 2.05) is 18.2 Å². The number of nitrogens with one attached hydrogen (secondary N) is 1. The first kappa shape index (κ1) is 11.0. The van der Waals surface area contributed by atoms with E-state index in [9.17, 15) is 4.39 Å². The van der Waals surface area contributed by atoms with Crippen molar-refractivity contribution >= 4 is 5.84 Å². The van der Waals surface area contributed by atoms with Gasteiger partial charge in [-0.1, -0.05) is 30.3 Å². The van der Waals surface area contributed by atoms with Crippen molar-refractivity contribution in [1.82, 2.24) is 5.32 Å². The lowest BCUT2D eigenvalue weighted by Gasteiger charge is -2.06. The maximum atomic E-state index is 12.9. The van der Waals surface area contributed by atoms with Gasteiger partial charge < -0.3 is 5.32 Å². The molecule has 0 saturated heterocycles. The zero-order valence-electron chi connectivity index (χ0n) is 9.86. The molecule has 3 heteroatoms. The molecule has 0 aromatic heterocycles. The summed E-state index contributed by atoms with van der Waals surface area (Å²) in [6.45, 7) is 1.73. The van der Waals surface area contributed by atoms with Gasteiger partial charge in [0.15, 0.2) is 0 Å². The molecule has 0 spiro atoms. The first-order valence-corrected chi connectivity index (χ1v) is 5.98. The number of benzene rings is 2. The van der Waals surface area contributed by atoms with Crippen molar-refractivity contribution in [2.75, 3.05) is 13.1 Å². The summed E-state index contributed by atoms with van der Waals surface area (Å²) in [5.41, 5.74) is 3.16. The molecule has 1 N–H and O–H groups in total. The molecular formula is C15H13FN2. The molecule has 0 radical (unpaired) electrons. The van der Waals surface area contributed by atoms with Crippen LogP contribution >= 0.6 is 0 Å². The second-order valence-electron chi connectivity index (χ2n) is 4.24. The van der Waals surface area contributed by atoms with Crippen LogP contribution in [0, 0.1) is 5.82 Å². The quantitative estimate of drug-likeness (QED) is 0.857. The highest BCUT2D eigenvalue weighted by Crippen LogP contribution is 2.21. The third kappa shape index (κ3) is 2.12. The standard InChI is InChI=1S/C15H13FN2/c16-14-6-4-11(5-7-14)12-2-1-3-13(10-12)15-17-8-9-18-15/h1-7,10H,8-9H2,(H,17,18). The van der Waals surface area contributed by atoms with Crippen LogP contribution in [-0.2, 0) is 0 Å². The molecule has 2 nitrogen and oxygen atoms in total. The molecule has 90 valence electrons. The molecule has 0 amide bonds. The van der Waals surface area contributed by atoms with Gasteiger partial charge >= 0.3 is 0 Å². The van der Waals surface area contributed by atoms with E-state index in [0.717, 1.165) is 35.6 Å². The Bertz CT molecular complexity index is 588. The van der Waals surface area contributed by atoms with Crippen LogP contribution in [0.15, 0.2) is 53.5 Å². The van der Waals surface area contributed by atoms with E-state index in [-0.39, 0.29) is 5.82 Å². The van der Waals surface area contributed by atoms with Crippen LogP contribution in [0.5, 0.6) is 0 Å². The van der Waals surface area contributed by atoms with Crippen LogP contribution in [0.3, 0.4) is 0 Å². The molecule has 3 rings (SSSR count). The fourth-order valence-electron chi connectivity index (χ4n) is 2.08. The minimum absolute atomic E-state index is 0.211. The van der Waals surface area contributed by atoms with Crippen LogP contribution in [-0.4, -0.2) is 18.9 Å². The van der Waals surface area contributed by atoms with Crippen molar-refractivity contribution in [3.05, 3.63) is 59.9 Å². The van der Waals surface area contributed by atoms with Crippen LogP contribution in [0.1, 0.15) is 5.56 Å². The number of nitrogens with zero attached hydrogens (tertiary/aromatic N) is 1. The summed E-state index contributed by atoms with van der Waals surface area (Å²) in [7, 11) is 0. The smallest absolute Gasteiger partial charge is 0.128 e. The third-order valence-electron chi connectivity index (χ3n) is 2.99. The molecule has 0 bridgehead atoms. The average molecular weight is 240 g/mol. The van der Waals surface area contributed by atoms with Crippen molar-refractivity contribution in [2.24, 2.45) is 4.99 Å². The number of hydrogen-bond acceptors (Lipinski definition) is 2. The molecule has 0 aliphatic carbocycles. The monoisotopic (exact) mass is 240 g/mol. The molecule has 0 unspecified atom stereocenters. The van der Waals surface area contributed by atoms with Crippen molar-refractivity contribution in [3.63, 3.8) is 0 Å². The van der Waals surface area contributed by atoms with Crippen molar-refractivity contribution in [1.29, 1.82) is 0 Å². The molecule has 18 heavy (non-hydrogen) atoms. The summed E-state index contributed by atoms with van der Waals surface area (Å²) in [4.78, 5) is 4.40. The maximum absolute atomic E-state index is 12.9. The minimum atomic E-state index is -0.211. The molecule has 1 heterocycles. The lowest BCUT2D eigenvalue weighted by molar-refractivity contribution is 0.628. The van der Waals surface area contributed by atoms with Gasteiger partial charge in [-0.3, -0.25) is 4.99 Å².